The molecule has 0 bridgehead atoms. The highest BCUT2D eigenvalue weighted by molar-refractivity contribution is 9.10. The van der Waals surface area contributed by atoms with E-state index in [0.29, 0.717) is 5.56 Å². The summed E-state index contributed by atoms with van der Waals surface area (Å²) in [5.41, 5.74) is 2.86. The monoisotopic (exact) mass is 362 g/mol. The fraction of sp³-hybridized carbons (Fsp3) is 0.250. The minimum Gasteiger partial charge on any atom is -0.308 e. The predicted octanol–water partition coefficient (Wildman–Crippen LogP) is 4.16. The fourth-order valence-electron chi connectivity index (χ4n) is 2.46. The third-order valence-electron chi connectivity index (χ3n) is 3.46. The lowest BCUT2D eigenvalue weighted by molar-refractivity contribution is 0.0989. The Morgan fingerprint density at radius 3 is 2.95 bits per heavy atom. The average Bonchev–Trinajstić information content (AvgIpc) is 2.90. The van der Waals surface area contributed by atoms with Gasteiger partial charge in [-0.1, -0.05) is 28.9 Å². The molecule has 0 N–H and O–H groups in total. The van der Waals surface area contributed by atoms with Gasteiger partial charge in [0.05, 0.1) is 10.6 Å². The van der Waals surface area contributed by atoms with Crippen LogP contribution >= 0.6 is 27.7 Å². The third kappa shape index (κ3) is 2.99. The number of nitrogens with zero attached hydrogens (tertiary/aromatic N) is 2. The van der Waals surface area contributed by atoms with Crippen molar-refractivity contribution in [3.05, 3.63) is 52.1 Å². The number of thioether (sulfide) groups is 1. The molecule has 0 atom stereocenters. The van der Waals surface area contributed by atoms with Crippen LogP contribution in [0, 0.1) is 0 Å². The molecule has 0 unspecified atom stereocenters. The largest absolute Gasteiger partial charge is 0.308 e. The van der Waals surface area contributed by atoms with E-state index in [0.717, 1.165) is 33.9 Å². The second-order valence-corrected chi connectivity index (χ2v) is 7.00. The molecule has 0 saturated heterocycles. The van der Waals surface area contributed by atoms with Crippen molar-refractivity contribution in [3.8, 4) is 0 Å². The summed E-state index contributed by atoms with van der Waals surface area (Å²) in [7, 11) is 0. The summed E-state index contributed by atoms with van der Waals surface area (Å²) in [6.07, 6.45) is 2.59. The van der Waals surface area contributed by atoms with Gasteiger partial charge >= 0.3 is 0 Å². The van der Waals surface area contributed by atoms with Crippen LogP contribution in [0.15, 0.2) is 46.0 Å². The summed E-state index contributed by atoms with van der Waals surface area (Å²) in [5, 5.41) is 0.957. The number of aromatic nitrogens is 1. The Bertz CT molecular complexity index is 672. The number of fused-ring (bicyclic) bond motifs is 1. The van der Waals surface area contributed by atoms with Gasteiger partial charge in [0.25, 0.3) is 5.91 Å². The number of anilines is 1. The van der Waals surface area contributed by atoms with Crippen molar-refractivity contribution in [2.75, 3.05) is 17.2 Å². The zero-order valence-corrected chi connectivity index (χ0v) is 14.1. The molecule has 1 aliphatic heterocycles. The quantitative estimate of drug-likeness (QED) is 0.768. The Morgan fingerprint density at radius 1 is 1.38 bits per heavy atom. The topological polar surface area (TPSA) is 33.2 Å². The molecule has 0 saturated carbocycles. The zero-order chi connectivity index (χ0) is 14.8. The van der Waals surface area contributed by atoms with Crippen molar-refractivity contribution < 1.29 is 4.79 Å². The lowest BCUT2D eigenvalue weighted by atomic mass is 10.2. The van der Waals surface area contributed by atoms with Gasteiger partial charge in [0.2, 0.25) is 0 Å². The van der Waals surface area contributed by atoms with Crippen LogP contribution in [0.2, 0.25) is 0 Å². The Labute approximate surface area is 136 Å². The molecule has 1 amide bonds. The van der Waals surface area contributed by atoms with Crippen molar-refractivity contribution in [2.24, 2.45) is 0 Å². The number of halogens is 1. The number of rotatable bonds is 3. The van der Waals surface area contributed by atoms with Crippen molar-refractivity contribution in [1.82, 2.24) is 4.98 Å². The minimum absolute atomic E-state index is 0.0207. The Kier molecular flexibility index (Phi) is 4.31. The van der Waals surface area contributed by atoms with Crippen LogP contribution in [-0.2, 0) is 6.42 Å². The standard InChI is InChI=1S/C16H15BrN2OS/c1-2-21-15-6-4-12(10-18-15)16(20)19-8-7-11-3-5-13(17)9-14(11)19/h3-6,9-10H,2,7-8H2,1H3. The van der Waals surface area contributed by atoms with Crippen LogP contribution in [0.3, 0.4) is 0 Å². The molecular weight excluding hydrogens is 348 g/mol. The van der Waals surface area contributed by atoms with Gasteiger partial charge in [-0.2, -0.15) is 0 Å². The number of hydrogen-bond acceptors (Lipinski definition) is 3. The van der Waals surface area contributed by atoms with Crippen LogP contribution in [0.5, 0.6) is 0 Å². The van der Waals surface area contributed by atoms with Crippen molar-refractivity contribution in [2.45, 2.75) is 18.4 Å². The molecule has 2 heterocycles. The summed E-state index contributed by atoms with van der Waals surface area (Å²) in [6, 6.07) is 9.88. The first-order valence-electron chi connectivity index (χ1n) is 6.88. The second kappa shape index (κ2) is 6.20. The smallest absolute Gasteiger partial charge is 0.259 e. The first-order valence-corrected chi connectivity index (χ1v) is 8.66. The maximum absolute atomic E-state index is 12.7. The highest BCUT2D eigenvalue weighted by Crippen LogP contribution is 2.32. The van der Waals surface area contributed by atoms with Crippen LogP contribution in [0.4, 0.5) is 5.69 Å². The summed E-state index contributed by atoms with van der Waals surface area (Å²) < 4.78 is 0.994. The molecule has 1 aromatic carbocycles. The second-order valence-electron chi connectivity index (χ2n) is 4.80. The van der Waals surface area contributed by atoms with Gasteiger partial charge in [-0.05, 0) is 42.0 Å². The maximum Gasteiger partial charge on any atom is 0.259 e. The summed E-state index contributed by atoms with van der Waals surface area (Å²) in [6.45, 7) is 2.82. The van der Waals surface area contributed by atoms with E-state index in [2.05, 4.69) is 33.9 Å². The van der Waals surface area contributed by atoms with Crippen molar-refractivity contribution in [3.63, 3.8) is 0 Å². The molecule has 0 radical (unpaired) electrons. The first kappa shape index (κ1) is 14.6. The van der Waals surface area contributed by atoms with Gasteiger partial charge in [-0.15, -0.1) is 11.8 Å². The number of pyridine rings is 1. The van der Waals surface area contributed by atoms with Crippen molar-refractivity contribution >= 4 is 39.3 Å². The molecule has 5 heteroatoms. The molecule has 2 aromatic rings. The predicted molar refractivity (Wildman–Crippen MR) is 90.2 cm³/mol. The molecule has 3 nitrogen and oxygen atoms in total. The molecule has 0 spiro atoms. The van der Waals surface area contributed by atoms with Crippen LogP contribution in [0.1, 0.15) is 22.8 Å². The Balaban J connectivity index is 1.85. The molecule has 1 aromatic heterocycles. The van der Waals surface area contributed by atoms with Gasteiger partial charge in [0, 0.05) is 22.9 Å². The lowest BCUT2D eigenvalue weighted by Crippen LogP contribution is -2.28. The van der Waals surface area contributed by atoms with E-state index in [1.807, 2.05) is 29.2 Å². The number of carbonyl (C=O) groups is 1. The van der Waals surface area contributed by atoms with E-state index in [-0.39, 0.29) is 5.91 Å². The molecule has 3 rings (SSSR count). The van der Waals surface area contributed by atoms with Gasteiger partial charge in [0.15, 0.2) is 0 Å². The normalized spacial score (nSPS) is 13.3. The Morgan fingerprint density at radius 2 is 2.24 bits per heavy atom. The van der Waals surface area contributed by atoms with Gasteiger partial charge in [-0.3, -0.25) is 4.79 Å². The van der Waals surface area contributed by atoms with E-state index in [1.165, 1.54) is 5.56 Å². The molecule has 1 aliphatic rings. The highest BCUT2D eigenvalue weighted by atomic mass is 79.9. The van der Waals surface area contributed by atoms with Crippen LogP contribution in [-0.4, -0.2) is 23.2 Å². The molecule has 21 heavy (non-hydrogen) atoms. The number of hydrogen-bond donors (Lipinski definition) is 0. The summed E-state index contributed by atoms with van der Waals surface area (Å²) in [5.74, 6) is 1.00. The SMILES string of the molecule is CCSc1ccc(C(=O)N2CCc3ccc(Br)cc32)cn1. The van der Waals surface area contributed by atoms with E-state index in [4.69, 9.17) is 0 Å². The number of carbonyl (C=O) groups excluding carboxylic acids is 1. The highest BCUT2D eigenvalue weighted by Gasteiger charge is 2.25. The molecule has 0 fully saturated rings. The van der Waals surface area contributed by atoms with Crippen molar-refractivity contribution in [1.29, 1.82) is 0 Å². The molecular formula is C16H15BrN2OS. The first-order chi connectivity index (χ1) is 10.2. The Hall–Kier alpha value is -1.33. The van der Waals surface area contributed by atoms with E-state index >= 15 is 0 Å². The molecule has 108 valence electrons. The van der Waals surface area contributed by atoms with E-state index in [1.54, 1.807) is 18.0 Å². The zero-order valence-electron chi connectivity index (χ0n) is 11.7. The minimum atomic E-state index is 0.0207. The maximum atomic E-state index is 12.7. The molecule has 0 aliphatic carbocycles. The average molecular weight is 363 g/mol. The number of benzene rings is 1. The van der Waals surface area contributed by atoms with Crippen LogP contribution in [0.25, 0.3) is 0 Å². The fourth-order valence-corrected chi connectivity index (χ4v) is 3.40. The third-order valence-corrected chi connectivity index (χ3v) is 4.78. The van der Waals surface area contributed by atoms with Gasteiger partial charge in [0.1, 0.15) is 0 Å². The van der Waals surface area contributed by atoms with E-state index in [9.17, 15) is 4.79 Å². The lowest BCUT2D eigenvalue weighted by Gasteiger charge is -2.17. The summed E-state index contributed by atoms with van der Waals surface area (Å²) in [4.78, 5) is 18.8. The van der Waals surface area contributed by atoms with Gasteiger partial charge < -0.3 is 4.90 Å². The van der Waals surface area contributed by atoms with Gasteiger partial charge in [-0.25, -0.2) is 4.98 Å². The van der Waals surface area contributed by atoms with Crippen LogP contribution < -0.4 is 4.90 Å². The van der Waals surface area contributed by atoms with E-state index < -0.39 is 0 Å². The summed E-state index contributed by atoms with van der Waals surface area (Å²) >= 11 is 5.15. The number of amides is 1.